The molecule has 0 aromatic heterocycles. The molecule has 1 aromatic carbocycles. The predicted molar refractivity (Wildman–Crippen MR) is 85.7 cm³/mol. The number of halogens is 1. The molecule has 1 atom stereocenters. The molecule has 1 N–H and O–H groups in total. The molecule has 1 aliphatic heterocycles. The molecule has 4 heteroatoms. The summed E-state index contributed by atoms with van der Waals surface area (Å²) in [5.41, 5.74) is 1.88. The summed E-state index contributed by atoms with van der Waals surface area (Å²) in [7, 11) is 1.79. The van der Waals surface area contributed by atoms with Gasteiger partial charge in [0.15, 0.2) is 0 Å². The lowest BCUT2D eigenvalue weighted by atomic mass is 9.99. The van der Waals surface area contributed by atoms with Gasteiger partial charge in [-0.3, -0.25) is 0 Å². The molecular formula is C16H22ClNOS. The lowest BCUT2D eigenvalue weighted by Gasteiger charge is -2.28. The fourth-order valence-electron chi connectivity index (χ4n) is 2.93. The number of rotatable bonds is 6. The van der Waals surface area contributed by atoms with Gasteiger partial charge in [-0.15, -0.1) is 11.8 Å². The fraction of sp³-hybridized carbons (Fsp3) is 0.625. The highest BCUT2D eigenvalue weighted by Crippen LogP contribution is 2.49. The quantitative estimate of drug-likeness (QED) is 0.847. The molecule has 0 radical (unpaired) electrons. The smallest absolute Gasteiger partial charge is 0.0468 e. The van der Waals surface area contributed by atoms with Crippen molar-refractivity contribution in [2.24, 2.45) is 5.41 Å². The summed E-state index contributed by atoms with van der Waals surface area (Å²) >= 11 is 8.10. The van der Waals surface area contributed by atoms with Crippen molar-refractivity contribution in [1.29, 1.82) is 0 Å². The second-order valence-electron chi connectivity index (χ2n) is 6.00. The Morgan fingerprint density at radius 1 is 1.45 bits per heavy atom. The first kappa shape index (κ1) is 14.7. The van der Waals surface area contributed by atoms with Crippen LogP contribution in [0.3, 0.4) is 0 Å². The molecular weight excluding hydrogens is 290 g/mol. The van der Waals surface area contributed by atoms with Gasteiger partial charge in [-0.2, -0.15) is 0 Å². The minimum absolute atomic E-state index is 0.463. The number of fused-ring (bicyclic) bond motifs is 1. The zero-order valence-corrected chi connectivity index (χ0v) is 13.5. The zero-order chi connectivity index (χ0) is 14.0. The summed E-state index contributed by atoms with van der Waals surface area (Å²) in [6.07, 6.45) is 5.05. The molecule has 1 saturated carbocycles. The molecule has 2 aliphatic rings. The van der Waals surface area contributed by atoms with Gasteiger partial charge in [-0.25, -0.2) is 0 Å². The van der Waals surface area contributed by atoms with Crippen molar-refractivity contribution in [3.8, 4) is 0 Å². The maximum atomic E-state index is 6.16. The maximum Gasteiger partial charge on any atom is 0.0468 e. The highest BCUT2D eigenvalue weighted by molar-refractivity contribution is 7.99. The molecule has 1 heterocycles. The molecule has 3 rings (SSSR count). The predicted octanol–water partition coefficient (Wildman–Crippen LogP) is 4.28. The number of hydrogen-bond donors (Lipinski definition) is 1. The van der Waals surface area contributed by atoms with Crippen LogP contribution in [-0.4, -0.2) is 26.0 Å². The summed E-state index contributed by atoms with van der Waals surface area (Å²) < 4.78 is 5.23. The molecule has 0 bridgehead atoms. The van der Waals surface area contributed by atoms with E-state index in [4.69, 9.17) is 16.3 Å². The first-order valence-electron chi connectivity index (χ1n) is 7.37. The van der Waals surface area contributed by atoms with E-state index in [9.17, 15) is 0 Å². The van der Waals surface area contributed by atoms with Crippen LogP contribution in [0, 0.1) is 5.41 Å². The van der Waals surface area contributed by atoms with Crippen molar-refractivity contribution in [2.75, 3.05) is 26.0 Å². The second-order valence-corrected chi connectivity index (χ2v) is 7.57. The average molecular weight is 312 g/mol. The van der Waals surface area contributed by atoms with Crippen molar-refractivity contribution in [3.05, 3.63) is 28.8 Å². The Morgan fingerprint density at radius 3 is 3.05 bits per heavy atom. The van der Waals surface area contributed by atoms with E-state index in [1.807, 2.05) is 17.8 Å². The van der Waals surface area contributed by atoms with Crippen LogP contribution >= 0.6 is 23.4 Å². The number of benzene rings is 1. The Bertz CT molecular complexity index is 476. The number of nitrogens with one attached hydrogen (secondary N) is 1. The lowest BCUT2D eigenvalue weighted by molar-refractivity contribution is 0.170. The lowest BCUT2D eigenvalue weighted by Crippen LogP contribution is -2.31. The largest absolute Gasteiger partial charge is 0.385 e. The first-order valence-corrected chi connectivity index (χ1v) is 8.73. The molecule has 1 aliphatic carbocycles. The van der Waals surface area contributed by atoms with Crippen LogP contribution in [0.25, 0.3) is 0 Å². The third-order valence-corrected chi connectivity index (χ3v) is 5.89. The van der Waals surface area contributed by atoms with Gasteiger partial charge in [0.05, 0.1) is 0 Å². The van der Waals surface area contributed by atoms with Gasteiger partial charge >= 0.3 is 0 Å². The van der Waals surface area contributed by atoms with Crippen molar-refractivity contribution in [3.63, 3.8) is 0 Å². The van der Waals surface area contributed by atoms with E-state index in [1.165, 1.54) is 41.9 Å². The van der Waals surface area contributed by atoms with Crippen LogP contribution in [0.4, 0.5) is 0 Å². The molecule has 1 aromatic rings. The average Bonchev–Trinajstić information content (AvgIpc) is 3.23. The molecule has 0 spiro atoms. The summed E-state index contributed by atoms with van der Waals surface area (Å²) in [4.78, 5) is 1.39. The fourth-order valence-corrected chi connectivity index (χ4v) is 4.21. The summed E-state index contributed by atoms with van der Waals surface area (Å²) in [6.45, 7) is 1.99. The van der Waals surface area contributed by atoms with Gasteiger partial charge in [0.2, 0.25) is 0 Å². The van der Waals surface area contributed by atoms with Crippen LogP contribution in [0.2, 0.25) is 5.02 Å². The summed E-state index contributed by atoms with van der Waals surface area (Å²) in [5, 5.41) is 4.64. The minimum Gasteiger partial charge on any atom is -0.385 e. The van der Waals surface area contributed by atoms with E-state index in [0.29, 0.717) is 11.5 Å². The van der Waals surface area contributed by atoms with Crippen molar-refractivity contribution < 1.29 is 4.74 Å². The third kappa shape index (κ3) is 3.33. The maximum absolute atomic E-state index is 6.16. The van der Waals surface area contributed by atoms with E-state index in [0.717, 1.165) is 18.2 Å². The van der Waals surface area contributed by atoms with Crippen molar-refractivity contribution >= 4 is 23.4 Å². The zero-order valence-electron chi connectivity index (χ0n) is 12.0. The van der Waals surface area contributed by atoms with Gasteiger partial charge in [0.1, 0.15) is 0 Å². The normalized spacial score (nSPS) is 23.4. The third-order valence-electron chi connectivity index (χ3n) is 4.53. The molecule has 1 fully saturated rings. The van der Waals surface area contributed by atoms with Crippen molar-refractivity contribution in [1.82, 2.24) is 5.32 Å². The Balaban J connectivity index is 1.63. The van der Waals surface area contributed by atoms with Gasteiger partial charge in [-0.1, -0.05) is 11.6 Å². The Hall–Kier alpha value is -0.220. The Kier molecular flexibility index (Phi) is 4.61. The molecule has 20 heavy (non-hydrogen) atoms. The number of hydrogen-bond acceptors (Lipinski definition) is 3. The van der Waals surface area contributed by atoms with E-state index in [1.54, 1.807) is 7.11 Å². The minimum atomic E-state index is 0.463. The van der Waals surface area contributed by atoms with E-state index < -0.39 is 0 Å². The van der Waals surface area contributed by atoms with Gasteiger partial charge < -0.3 is 10.1 Å². The summed E-state index contributed by atoms with van der Waals surface area (Å²) in [5.74, 6) is 1.19. The van der Waals surface area contributed by atoms with Crippen LogP contribution in [0.1, 0.15) is 37.3 Å². The molecule has 0 amide bonds. The van der Waals surface area contributed by atoms with E-state index >= 15 is 0 Å². The second kappa shape index (κ2) is 6.27. The SMILES string of the molecule is COCCC1(CNC2CCSc3ccc(Cl)cc32)CC1. The number of ether oxygens (including phenoxy) is 1. The highest BCUT2D eigenvalue weighted by atomic mass is 35.5. The van der Waals surface area contributed by atoms with Crippen LogP contribution in [0.15, 0.2) is 23.1 Å². The topological polar surface area (TPSA) is 21.3 Å². The van der Waals surface area contributed by atoms with Crippen LogP contribution in [-0.2, 0) is 4.74 Å². The molecule has 1 unspecified atom stereocenters. The van der Waals surface area contributed by atoms with E-state index in [-0.39, 0.29) is 0 Å². The van der Waals surface area contributed by atoms with Crippen molar-refractivity contribution in [2.45, 2.75) is 36.6 Å². The van der Waals surface area contributed by atoms with Gasteiger partial charge in [-0.05, 0) is 60.6 Å². The van der Waals surface area contributed by atoms with Gasteiger partial charge in [0.25, 0.3) is 0 Å². The monoisotopic (exact) mass is 311 g/mol. The van der Waals surface area contributed by atoms with Crippen LogP contribution in [0.5, 0.6) is 0 Å². The molecule has 0 saturated heterocycles. The van der Waals surface area contributed by atoms with Crippen LogP contribution < -0.4 is 5.32 Å². The number of thioether (sulfide) groups is 1. The Morgan fingerprint density at radius 2 is 2.30 bits per heavy atom. The number of methoxy groups -OCH3 is 1. The standard InChI is InChI=1S/C16H22ClNOS/c1-19-8-7-16(5-6-16)11-18-14-4-9-20-15-3-2-12(17)10-13(14)15/h2-3,10,14,18H,4-9,11H2,1H3. The van der Waals surface area contributed by atoms with Gasteiger partial charge in [0, 0.05) is 36.2 Å². The van der Waals surface area contributed by atoms with E-state index in [2.05, 4.69) is 17.4 Å². The Labute approximate surface area is 130 Å². The highest BCUT2D eigenvalue weighted by Gasteiger charge is 2.42. The summed E-state index contributed by atoms with van der Waals surface area (Å²) in [6, 6.07) is 6.75. The molecule has 2 nitrogen and oxygen atoms in total. The molecule has 110 valence electrons. The first-order chi connectivity index (χ1) is 9.72.